The van der Waals surface area contributed by atoms with Gasteiger partial charge >= 0.3 is 0 Å². The van der Waals surface area contributed by atoms with Crippen molar-refractivity contribution in [3.05, 3.63) is 53.1 Å². The summed E-state index contributed by atoms with van der Waals surface area (Å²) >= 11 is 7.22. The Labute approximate surface area is 184 Å². The van der Waals surface area contributed by atoms with Gasteiger partial charge < -0.3 is 14.8 Å². The van der Waals surface area contributed by atoms with Gasteiger partial charge in [-0.05, 0) is 42.0 Å². The van der Waals surface area contributed by atoms with E-state index in [0.717, 1.165) is 5.56 Å². The lowest BCUT2D eigenvalue weighted by atomic mass is 10.1. The van der Waals surface area contributed by atoms with Gasteiger partial charge in [0, 0.05) is 18.5 Å². The van der Waals surface area contributed by atoms with Gasteiger partial charge in [0.05, 0.1) is 31.7 Å². The Morgan fingerprint density at radius 2 is 1.90 bits per heavy atom. The predicted octanol–water partition coefficient (Wildman–Crippen LogP) is 3.63. The van der Waals surface area contributed by atoms with Gasteiger partial charge in [-0.3, -0.25) is 14.5 Å². The number of nitrogens with one attached hydrogen (secondary N) is 1. The summed E-state index contributed by atoms with van der Waals surface area (Å²) < 4.78 is 10.6. The van der Waals surface area contributed by atoms with E-state index in [0.29, 0.717) is 33.9 Å². The molecule has 1 atom stereocenters. The minimum absolute atomic E-state index is 0.0945. The number of benzene rings is 2. The molecule has 0 spiro atoms. The van der Waals surface area contributed by atoms with Crippen LogP contribution >= 0.6 is 23.4 Å². The Bertz CT molecular complexity index is 965. The van der Waals surface area contributed by atoms with E-state index in [1.165, 1.54) is 11.8 Å². The second-order valence-corrected chi connectivity index (χ2v) is 8.07. The molecule has 1 fully saturated rings. The molecule has 3 rings (SSSR count). The van der Waals surface area contributed by atoms with E-state index in [1.807, 2.05) is 12.1 Å². The summed E-state index contributed by atoms with van der Waals surface area (Å²) in [6.45, 7) is 0.291. The average Bonchev–Trinajstić information content (AvgIpc) is 2.76. The Morgan fingerprint density at radius 1 is 1.20 bits per heavy atom. The van der Waals surface area contributed by atoms with Crippen molar-refractivity contribution in [3.8, 4) is 11.5 Å². The van der Waals surface area contributed by atoms with Crippen LogP contribution in [-0.4, -0.2) is 48.4 Å². The van der Waals surface area contributed by atoms with Crippen molar-refractivity contribution in [2.75, 3.05) is 21.3 Å². The number of carbonyl (C=O) groups excluding carboxylic acids is 2. The first-order chi connectivity index (χ1) is 14.4. The molecule has 1 N–H and O–H groups in total. The van der Waals surface area contributed by atoms with Crippen LogP contribution in [0.15, 0.2) is 47.5 Å². The van der Waals surface area contributed by atoms with Gasteiger partial charge in [0.1, 0.15) is 0 Å². The topological polar surface area (TPSA) is 80.2 Å². The zero-order valence-corrected chi connectivity index (χ0v) is 18.4. The fourth-order valence-corrected chi connectivity index (χ4v) is 4.23. The molecule has 9 heteroatoms. The first kappa shape index (κ1) is 22.0. The van der Waals surface area contributed by atoms with Crippen LogP contribution in [0.25, 0.3) is 0 Å². The first-order valence-electron chi connectivity index (χ1n) is 9.19. The van der Waals surface area contributed by atoms with E-state index in [1.54, 1.807) is 56.5 Å². The molecule has 0 aliphatic carbocycles. The van der Waals surface area contributed by atoms with Crippen LogP contribution in [0.5, 0.6) is 11.5 Å². The molecular formula is C21H22ClN3O4S. The minimum Gasteiger partial charge on any atom is -0.493 e. The number of nitrogens with zero attached hydrogens (tertiary/aromatic N) is 2. The third-order valence-corrected chi connectivity index (χ3v) is 5.96. The van der Waals surface area contributed by atoms with Gasteiger partial charge in [0.2, 0.25) is 11.8 Å². The normalized spacial score (nSPS) is 17.7. The van der Waals surface area contributed by atoms with Crippen molar-refractivity contribution in [1.29, 1.82) is 0 Å². The molecule has 1 unspecified atom stereocenters. The van der Waals surface area contributed by atoms with Crippen LogP contribution in [0, 0.1) is 0 Å². The molecule has 158 valence electrons. The highest BCUT2D eigenvalue weighted by molar-refractivity contribution is 8.15. The highest BCUT2D eigenvalue weighted by Gasteiger charge is 2.35. The number of hydrogen-bond donors (Lipinski definition) is 1. The van der Waals surface area contributed by atoms with Gasteiger partial charge in [-0.2, -0.15) is 0 Å². The van der Waals surface area contributed by atoms with Crippen molar-refractivity contribution in [2.24, 2.45) is 4.99 Å². The van der Waals surface area contributed by atoms with E-state index in [4.69, 9.17) is 21.1 Å². The standard InChI is InChI=1S/C21H22ClN3O4S/c1-23-20(27)18-11-19(26)25(12-13-4-9-16(28-2)17(10-13)29-3)21(30-18)24-15-7-5-14(22)6-8-15/h4-10,18H,11-12H2,1-3H3,(H,23,27). The Morgan fingerprint density at radius 3 is 2.53 bits per heavy atom. The van der Waals surface area contributed by atoms with E-state index >= 15 is 0 Å². The van der Waals surface area contributed by atoms with Crippen LogP contribution in [0.4, 0.5) is 5.69 Å². The average molecular weight is 448 g/mol. The quantitative estimate of drug-likeness (QED) is 0.731. The third-order valence-electron chi connectivity index (χ3n) is 4.52. The monoisotopic (exact) mass is 447 g/mol. The van der Waals surface area contributed by atoms with Gasteiger partial charge in [0.25, 0.3) is 0 Å². The summed E-state index contributed by atoms with van der Waals surface area (Å²) in [5, 5.41) is 3.12. The lowest BCUT2D eigenvalue weighted by Crippen LogP contribution is -2.45. The summed E-state index contributed by atoms with van der Waals surface area (Å²) in [6, 6.07) is 12.5. The van der Waals surface area contributed by atoms with Crippen LogP contribution in [0.3, 0.4) is 0 Å². The molecule has 0 saturated carbocycles. The van der Waals surface area contributed by atoms with Gasteiger partial charge in [0.15, 0.2) is 16.7 Å². The van der Waals surface area contributed by atoms with Crippen LogP contribution in [-0.2, 0) is 16.1 Å². The fraction of sp³-hybridized carbons (Fsp3) is 0.286. The van der Waals surface area contributed by atoms with E-state index in [2.05, 4.69) is 10.3 Å². The number of amides is 2. The molecule has 2 aromatic rings. The predicted molar refractivity (Wildman–Crippen MR) is 119 cm³/mol. The van der Waals surface area contributed by atoms with Crippen molar-refractivity contribution < 1.29 is 19.1 Å². The van der Waals surface area contributed by atoms with Crippen LogP contribution in [0.2, 0.25) is 5.02 Å². The molecule has 2 aromatic carbocycles. The molecule has 1 saturated heterocycles. The molecule has 2 amide bonds. The molecule has 1 aliphatic heterocycles. The summed E-state index contributed by atoms with van der Waals surface area (Å²) in [4.78, 5) is 31.3. The minimum atomic E-state index is -0.532. The highest BCUT2D eigenvalue weighted by Crippen LogP contribution is 2.32. The highest BCUT2D eigenvalue weighted by atomic mass is 35.5. The zero-order chi connectivity index (χ0) is 21.7. The van der Waals surface area contributed by atoms with Gasteiger partial charge in [-0.25, -0.2) is 4.99 Å². The Balaban J connectivity index is 1.94. The number of amidine groups is 1. The number of aliphatic imine (C=N–C) groups is 1. The Kier molecular flexibility index (Phi) is 7.23. The summed E-state index contributed by atoms with van der Waals surface area (Å²) in [5.74, 6) is 0.801. The molecule has 0 radical (unpaired) electrons. The zero-order valence-electron chi connectivity index (χ0n) is 16.8. The van der Waals surface area contributed by atoms with Gasteiger partial charge in [-0.15, -0.1) is 0 Å². The maximum Gasteiger partial charge on any atom is 0.233 e. The van der Waals surface area contributed by atoms with Crippen molar-refractivity contribution in [1.82, 2.24) is 10.2 Å². The van der Waals surface area contributed by atoms with Crippen LogP contribution in [0.1, 0.15) is 12.0 Å². The maximum absolute atomic E-state index is 12.9. The summed E-state index contributed by atoms with van der Waals surface area (Å²) in [5.41, 5.74) is 1.49. The number of methoxy groups -OCH3 is 2. The lowest BCUT2D eigenvalue weighted by molar-refractivity contribution is -0.130. The molecule has 1 aliphatic rings. The van der Waals surface area contributed by atoms with Gasteiger partial charge in [-0.1, -0.05) is 29.4 Å². The molecule has 0 bridgehead atoms. The molecule has 7 nitrogen and oxygen atoms in total. The van der Waals surface area contributed by atoms with Crippen molar-refractivity contribution in [2.45, 2.75) is 18.2 Å². The maximum atomic E-state index is 12.9. The molecule has 1 heterocycles. The summed E-state index contributed by atoms with van der Waals surface area (Å²) in [6.07, 6.45) is 0.0945. The summed E-state index contributed by atoms with van der Waals surface area (Å²) in [7, 11) is 4.68. The number of hydrogen-bond acceptors (Lipinski definition) is 6. The number of carbonyl (C=O) groups is 2. The number of rotatable bonds is 6. The second-order valence-electron chi connectivity index (χ2n) is 6.46. The SMILES string of the molecule is CNC(=O)C1CC(=O)N(Cc2ccc(OC)c(OC)c2)C(=Nc2ccc(Cl)cc2)S1. The molecule has 30 heavy (non-hydrogen) atoms. The largest absolute Gasteiger partial charge is 0.493 e. The smallest absolute Gasteiger partial charge is 0.233 e. The van der Waals surface area contributed by atoms with Crippen molar-refractivity contribution >= 4 is 46.0 Å². The fourth-order valence-electron chi connectivity index (χ4n) is 2.95. The lowest BCUT2D eigenvalue weighted by Gasteiger charge is -2.31. The van der Waals surface area contributed by atoms with Crippen LogP contribution < -0.4 is 14.8 Å². The number of halogens is 1. The first-order valence-corrected chi connectivity index (χ1v) is 10.4. The van der Waals surface area contributed by atoms with E-state index in [-0.39, 0.29) is 18.2 Å². The third kappa shape index (κ3) is 5.06. The van der Waals surface area contributed by atoms with E-state index in [9.17, 15) is 9.59 Å². The van der Waals surface area contributed by atoms with E-state index < -0.39 is 5.25 Å². The second kappa shape index (κ2) is 9.86. The van der Waals surface area contributed by atoms with Crippen molar-refractivity contribution in [3.63, 3.8) is 0 Å². The molecule has 0 aromatic heterocycles. The number of ether oxygens (including phenoxy) is 2. The molecular weight excluding hydrogens is 426 g/mol. The number of thioether (sulfide) groups is 1. The Hall–Kier alpha value is -2.71.